The molecule has 1 aromatic rings. The molecule has 3 rings (SSSR count). The van der Waals surface area contributed by atoms with Gasteiger partial charge in [0.25, 0.3) is 0 Å². The highest BCUT2D eigenvalue weighted by Gasteiger charge is 2.52. The summed E-state index contributed by atoms with van der Waals surface area (Å²) in [6, 6.07) is 6.87. The van der Waals surface area contributed by atoms with E-state index in [1.165, 1.54) is 36.9 Å². The molecule has 0 radical (unpaired) electrons. The molecule has 1 aromatic carbocycles. The number of anilines is 1. The lowest BCUT2D eigenvalue weighted by Crippen LogP contribution is -2.50. The molecule has 0 bridgehead atoms. The van der Waals surface area contributed by atoms with Gasteiger partial charge in [0, 0.05) is 16.6 Å². The standard InChI is InChI=1S/C15H21N/c1-11-6-7-13-12(10-11)14(2)8-4-5-9-15(14,3)16-13/h6-7,10,16H,4-5,8-9H2,1-3H3. The van der Waals surface area contributed by atoms with Gasteiger partial charge in [-0.1, -0.05) is 37.5 Å². The first-order chi connectivity index (χ1) is 7.55. The van der Waals surface area contributed by atoms with E-state index in [1.807, 2.05) is 0 Å². The normalized spacial score (nSPS) is 36.4. The molecule has 1 fully saturated rings. The third-order valence-electron chi connectivity index (χ3n) is 5.00. The van der Waals surface area contributed by atoms with Gasteiger partial charge in [-0.05, 0) is 38.3 Å². The van der Waals surface area contributed by atoms with Crippen LogP contribution in [0.5, 0.6) is 0 Å². The van der Waals surface area contributed by atoms with Crippen molar-refractivity contribution in [1.82, 2.24) is 0 Å². The molecule has 1 aliphatic carbocycles. The predicted octanol–water partition coefficient (Wildman–Crippen LogP) is 4.01. The lowest BCUT2D eigenvalue weighted by atomic mass is 9.62. The highest BCUT2D eigenvalue weighted by molar-refractivity contribution is 5.65. The Labute approximate surface area is 98.3 Å². The molecule has 1 N–H and O–H groups in total. The van der Waals surface area contributed by atoms with Crippen LogP contribution in [0.1, 0.15) is 50.7 Å². The fraction of sp³-hybridized carbons (Fsp3) is 0.600. The van der Waals surface area contributed by atoms with E-state index in [4.69, 9.17) is 0 Å². The molecule has 1 heteroatoms. The van der Waals surface area contributed by atoms with Gasteiger partial charge in [-0.2, -0.15) is 0 Å². The van der Waals surface area contributed by atoms with Gasteiger partial charge in [0.15, 0.2) is 0 Å². The Balaban J connectivity index is 2.17. The second kappa shape index (κ2) is 3.03. The lowest BCUT2D eigenvalue weighted by molar-refractivity contribution is 0.214. The van der Waals surface area contributed by atoms with Crippen LogP contribution < -0.4 is 5.32 Å². The summed E-state index contributed by atoms with van der Waals surface area (Å²) in [4.78, 5) is 0. The highest BCUT2D eigenvalue weighted by atomic mass is 15.0. The minimum Gasteiger partial charge on any atom is -0.379 e. The Kier molecular flexibility index (Phi) is 1.93. The zero-order valence-electron chi connectivity index (χ0n) is 10.6. The summed E-state index contributed by atoms with van der Waals surface area (Å²) in [5, 5.41) is 3.78. The molecule has 86 valence electrons. The summed E-state index contributed by atoms with van der Waals surface area (Å²) >= 11 is 0. The molecular formula is C15H21N. The Morgan fingerprint density at radius 1 is 1.12 bits per heavy atom. The van der Waals surface area contributed by atoms with Crippen LogP contribution in [-0.2, 0) is 5.41 Å². The number of aryl methyl sites for hydroxylation is 1. The van der Waals surface area contributed by atoms with E-state index in [0.717, 1.165) is 0 Å². The molecule has 0 aromatic heterocycles. The monoisotopic (exact) mass is 215 g/mol. The van der Waals surface area contributed by atoms with E-state index in [-0.39, 0.29) is 5.54 Å². The fourth-order valence-electron chi connectivity index (χ4n) is 3.66. The smallest absolute Gasteiger partial charge is 0.0440 e. The van der Waals surface area contributed by atoms with E-state index in [2.05, 4.69) is 44.3 Å². The van der Waals surface area contributed by atoms with Crippen molar-refractivity contribution < 1.29 is 0 Å². The van der Waals surface area contributed by atoms with E-state index in [9.17, 15) is 0 Å². The van der Waals surface area contributed by atoms with E-state index in [1.54, 1.807) is 5.56 Å². The van der Waals surface area contributed by atoms with Crippen LogP contribution in [0.4, 0.5) is 5.69 Å². The van der Waals surface area contributed by atoms with Crippen molar-refractivity contribution in [3.8, 4) is 0 Å². The van der Waals surface area contributed by atoms with Gasteiger partial charge in [-0.15, -0.1) is 0 Å². The van der Waals surface area contributed by atoms with Crippen LogP contribution >= 0.6 is 0 Å². The minimum atomic E-state index is 0.279. The molecule has 2 aliphatic rings. The average Bonchev–Trinajstić information content (AvgIpc) is 2.47. The van der Waals surface area contributed by atoms with Crippen molar-refractivity contribution in [1.29, 1.82) is 0 Å². The SMILES string of the molecule is Cc1ccc2c(c1)C1(C)CCCCC1(C)N2. The molecule has 1 nitrogen and oxygen atoms in total. The van der Waals surface area contributed by atoms with Crippen molar-refractivity contribution in [2.45, 2.75) is 57.4 Å². The Hall–Kier alpha value is -0.980. The molecule has 1 heterocycles. The van der Waals surface area contributed by atoms with Crippen LogP contribution in [0, 0.1) is 6.92 Å². The zero-order chi connectivity index (χ0) is 11.4. The van der Waals surface area contributed by atoms with Crippen molar-refractivity contribution >= 4 is 5.69 Å². The van der Waals surface area contributed by atoms with Gasteiger partial charge in [0.1, 0.15) is 0 Å². The van der Waals surface area contributed by atoms with E-state index in [0.29, 0.717) is 5.41 Å². The summed E-state index contributed by atoms with van der Waals surface area (Å²) in [5.74, 6) is 0. The van der Waals surface area contributed by atoms with Gasteiger partial charge >= 0.3 is 0 Å². The molecule has 1 saturated carbocycles. The maximum atomic E-state index is 3.78. The van der Waals surface area contributed by atoms with E-state index < -0.39 is 0 Å². The van der Waals surface area contributed by atoms with Crippen molar-refractivity contribution in [2.24, 2.45) is 0 Å². The summed E-state index contributed by atoms with van der Waals surface area (Å²) in [7, 11) is 0. The number of hydrogen-bond donors (Lipinski definition) is 1. The second-order valence-corrected chi connectivity index (χ2v) is 6.05. The van der Waals surface area contributed by atoms with Gasteiger partial charge < -0.3 is 5.32 Å². The maximum absolute atomic E-state index is 3.78. The molecular weight excluding hydrogens is 194 g/mol. The fourth-order valence-corrected chi connectivity index (χ4v) is 3.66. The van der Waals surface area contributed by atoms with Crippen LogP contribution in [0.3, 0.4) is 0 Å². The van der Waals surface area contributed by atoms with Crippen LogP contribution in [0.25, 0.3) is 0 Å². The first-order valence-electron chi connectivity index (χ1n) is 6.45. The molecule has 16 heavy (non-hydrogen) atoms. The molecule has 2 unspecified atom stereocenters. The van der Waals surface area contributed by atoms with Crippen molar-refractivity contribution in [2.75, 3.05) is 5.32 Å². The first-order valence-corrected chi connectivity index (χ1v) is 6.45. The molecule has 1 aliphatic heterocycles. The maximum Gasteiger partial charge on any atom is 0.0440 e. The third kappa shape index (κ3) is 1.12. The molecule has 2 atom stereocenters. The molecule has 0 amide bonds. The number of benzene rings is 1. The Morgan fingerprint density at radius 3 is 2.69 bits per heavy atom. The Morgan fingerprint density at radius 2 is 1.88 bits per heavy atom. The topological polar surface area (TPSA) is 12.0 Å². The third-order valence-corrected chi connectivity index (χ3v) is 5.00. The minimum absolute atomic E-state index is 0.279. The largest absolute Gasteiger partial charge is 0.379 e. The number of hydrogen-bond acceptors (Lipinski definition) is 1. The summed E-state index contributed by atoms with van der Waals surface area (Å²) < 4.78 is 0. The van der Waals surface area contributed by atoms with Gasteiger partial charge in [-0.25, -0.2) is 0 Å². The first kappa shape index (κ1) is 10.2. The van der Waals surface area contributed by atoms with Crippen LogP contribution in [0.15, 0.2) is 18.2 Å². The molecule has 0 spiro atoms. The summed E-state index contributed by atoms with van der Waals surface area (Å²) in [6.45, 7) is 7.05. The van der Waals surface area contributed by atoms with Crippen LogP contribution in [-0.4, -0.2) is 5.54 Å². The zero-order valence-corrected chi connectivity index (χ0v) is 10.6. The average molecular weight is 215 g/mol. The quantitative estimate of drug-likeness (QED) is 0.689. The van der Waals surface area contributed by atoms with E-state index >= 15 is 0 Å². The Bertz CT molecular complexity index is 437. The summed E-state index contributed by atoms with van der Waals surface area (Å²) in [6.07, 6.45) is 5.37. The highest BCUT2D eigenvalue weighted by Crippen LogP contribution is 2.54. The number of fused-ring (bicyclic) bond motifs is 3. The molecule has 0 saturated heterocycles. The van der Waals surface area contributed by atoms with Gasteiger partial charge in [-0.3, -0.25) is 0 Å². The predicted molar refractivity (Wildman–Crippen MR) is 69.0 cm³/mol. The number of rotatable bonds is 0. The summed E-state index contributed by atoms with van der Waals surface area (Å²) in [5.41, 5.74) is 4.93. The van der Waals surface area contributed by atoms with Gasteiger partial charge in [0.2, 0.25) is 0 Å². The van der Waals surface area contributed by atoms with Gasteiger partial charge in [0.05, 0.1) is 0 Å². The van der Waals surface area contributed by atoms with Crippen molar-refractivity contribution in [3.05, 3.63) is 29.3 Å². The van der Waals surface area contributed by atoms with Crippen LogP contribution in [0.2, 0.25) is 0 Å². The second-order valence-electron chi connectivity index (χ2n) is 6.05. The lowest BCUT2D eigenvalue weighted by Gasteiger charge is -2.45. The van der Waals surface area contributed by atoms with Crippen molar-refractivity contribution in [3.63, 3.8) is 0 Å². The number of nitrogens with one attached hydrogen (secondary N) is 1.